The number of nitrogens with zero attached hydrogens (tertiary/aromatic N) is 1. The van der Waals surface area contributed by atoms with E-state index < -0.39 is 40.3 Å². The summed E-state index contributed by atoms with van der Waals surface area (Å²) in [5.74, 6) is -2.05. The zero-order valence-electron chi connectivity index (χ0n) is 12.9. The molecule has 1 fully saturated rings. The van der Waals surface area contributed by atoms with Gasteiger partial charge in [-0.05, 0) is 18.1 Å². The molecule has 0 spiro atoms. The summed E-state index contributed by atoms with van der Waals surface area (Å²) in [6.07, 6.45) is 0.625. The first-order valence-electron chi connectivity index (χ1n) is 7.25. The topological polar surface area (TPSA) is 131 Å². The lowest BCUT2D eigenvalue weighted by Crippen LogP contribution is -2.51. The summed E-state index contributed by atoms with van der Waals surface area (Å²) in [6.45, 7) is 5.71. The maximum absolute atomic E-state index is 12.3. The molecule has 1 aromatic carbocycles. The molecule has 128 valence electrons. The Morgan fingerprint density at radius 1 is 1.50 bits per heavy atom. The van der Waals surface area contributed by atoms with Crippen LogP contribution in [0.15, 0.2) is 30.5 Å². The normalized spacial score (nSPS) is 20.0. The van der Waals surface area contributed by atoms with Gasteiger partial charge in [0.05, 0.1) is 17.6 Å². The van der Waals surface area contributed by atoms with Crippen molar-refractivity contribution in [1.29, 1.82) is 0 Å². The Bertz CT molecular complexity index is 702. The smallest absolute Gasteiger partial charge is 0.319 e. The Hall–Kier alpha value is -3.10. The van der Waals surface area contributed by atoms with Crippen LogP contribution in [0.5, 0.6) is 5.75 Å². The average molecular weight is 335 g/mol. The number of benzene rings is 1. The number of rotatable bonds is 5. The summed E-state index contributed by atoms with van der Waals surface area (Å²) in [4.78, 5) is 34.2. The third kappa shape index (κ3) is 3.45. The van der Waals surface area contributed by atoms with E-state index in [1.807, 2.05) is 6.92 Å². The predicted octanol–water partition coefficient (Wildman–Crippen LogP) is 1.74. The van der Waals surface area contributed by atoms with Crippen LogP contribution in [0.1, 0.15) is 24.9 Å². The average Bonchev–Trinajstić information content (AvgIpc) is 2.52. The molecule has 9 heteroatoms. The van der Waals surface area contributed by atoms with E-state index in [2.05, 4.69) is 17.2 Å². The number of nitrogens with one attached hydrogen (secondary N) is 2. The molecule has 2 amide bonds. The van der Waals surface area contributed by atoms with Gasteiger partial charge in [-0.3, -0.25) is 14.9 Å². The van der Waals surface area contributed by atoms with Crippen LogP contribution in [0.4, 0.5) is 10.5 Å². The second-order valence-corrected chi connectivity index (χ2v) is 5.25. The molecule has 9 nitrogen and oxygen atoms in total. The van der Waals surface area contributed by atoms with Crippen molar-refractivity contribution in [1.82, 2.24) is 10.6 Å². The van der Waals surface area contributed by atoms with Crippen molar-refractivity contribution in [2.75, 3.05) is 6.61 Å². The van der Waals surface area contributed by atoms with Gasteiger partial charge in [-0.1, -0.05) is 19.6 Å². The third-order valence-electron chi connectivity index (χ3n) is 3.53. The van der Waals surface area contributed by atoms with E-state index in [0.717, 1.165) is 12.1 Å². The second-order valence-electron chi connectivity index (χ2n) is 5.25. The van der Waals surface area contributed by atoms with E-state index in [1.54, 1.807) is 0 Å². The highest BCUT2D eigenvalue weighted by atomic mass is 16.6. The molecule has 2 atom stereocenters. The standard InChI is InChI=1S/C15H17N3O6/c1-3-6-24-14(20)12-8(2)16-15(21)17-13(12)9-4-5-11(19)10(7-9)18(22)23/h4-5,7,12-13,19H,2-3,6H2,1H3,(H2,16,17,21)/t12-,13+/m1/s1. The molecule has 1 heterocycles. The molecule has 24 heavy (non-hydrogen) atoms. The number of phenols is 1. The van der Waals surface area contributed by atoms with Gasteiger partial charge in [-0.15, -0.1) is 0 Å². The van der Waals surface area contributed by atoms with Crippen molar-refractivity contribution in [2.24, 2.45) is 5.92 Å². The fraction of sp³-hybridized carbons (Fsp3) is 0.333. The molecule has 0 saturated carbocycles. The van der Waals surface area contributed by atoms with Gasteiger partial charge in [0.25, 0.3) is 0 Å². The third-order valence-corrected chi connectivity index (χ3v) is 3.53. The number of hydrogen-bond donors (Lipinski definition) is 3. The first-order valence-corrected chi connectivity index (χ1v) is 7.25. The minimum atomic E-state index is -0.946. The number of hydrogen-bond acceptors (Lipinski definition) is 6. The summed E-state index contributed by atoms with van der Waals surface area (Å²) in [7, 11) is 0. The van der Waals surface area contributed by atoms with E-state index in [4.69, 9.17) is 4.74 Å². The van der Waals surface area contributed by atoms with Gasteiger partial charge < -0.3 is 20.5 Å². The molecule has 1 aliphatic heterocycles. The van der Waals surface area contributed by atoms with Crippen molar-refractivity contribution in [3.63, 3.8) is 0 Å². The number of nitro benzene ring substituents is 1. The molecular formula is C15H17N3O6. The van der Waals surface area contributed by atoms with Crippen molar-refractivity contribution < 1.29 is 24.4 Å². The lowest BCUT2D eigenvalue weighted by atomic mass is 9.88. The van der Waals surface area contributed by atoms with Gasteiger partial charge in [0.2, 0.25) is 0 Å². The quantitative estimate of drug-likeness (QED) is 0.427. The van der Waals surface area contributed by atoms with Crippen LogP contribution in [0.2, 0.25) is 0 Å². The van der Waals surface area contributed by atoms with Crippen LogP contribution in [-0.2, 0) is 9.53 Å². The number of carbonyl (C=O) groups excluding carboxylic acids is 2. The summed E-state index contributed by atoms with van der Waals surface area (Å²) in [6, 6.07) is 2.17. The summed E-state index contributed by atoms with van der Waals surface area (Å²) in [5, 5.41) is 25.5. The van der Waals surface area contributed by atoms with Gasteiger partial charge >= 0.3 is 17.7 Å². The van der Waals surface area contributed by atoms with E-state index in [1.165, 1.54) is 6.07 Å². The molecule has 0 bridgehead atoms. The summed E-state index contributed by atoms with van der Waals surface area (Å²) >= 11 is 0. The van der Waals surface area contributed by atoms with Crippen molar-refractivity contribution in [3.05, 3.63) is 46.2 Å². The molecule has 1 aromatic rings. The molecule has 0 aromatic heterocycles. The highest BCUT2D eigenvalue weighted by molar-refractivity contribution is 5.85. The Kier molecular flexibility index (Phi) is 5.02. The number of ether oxygens (including phenoxy) is 1. The fourth-order valence-corrected chi connectivity index (χ4v) is 2.41. The van der Waals surface area contributed by atoms with Crippen LogP contribution in [0.25, 0.3) is 0 Å². The van der Waals surface area contributed by atoms with Crippen LogP contribution < -0.4 is 10.6 Å². The van der Waals surface area contributed by atoms with E-state index in [0.29, 0.717) is 6.42 Å². The molecule has 0 unspecified atom stereocenters. The monoisotopic (exact) mass is 335 g/mol. The Morgan fingerprint density at radius 3 is 2.83 bits per heavy atom. The van der Waals surface area contributed by atoms with Gasteiger partial charge in [0.15, 0.2) is 5.75 Å². The largest absolute Gasteiger partial charge is 0.502 e. The minimum Gasteiger partial charge on any atom is -0.502 e. The first-order chi connectivity index (χ1) is 11.3. The first kappa shape index (κ1) is 17.3. The van der Waals surface area contributed by atoms with Crippen molar-refractivity contribution in [3.8, 4) is 5.75 Å². The number of nitro groups is 1. The number of carbonyl (C=O) groups is 2. The number of esters is 1. The maximum Gasteiger partial charge on any atom is 0.319 e. The maximum atomic E-state index is 12.3. The molecule has 2 rings (SSSR count). The SMILES string of the molecule is C=C1NC(=O)N[C@@H](c2ccc(O)c([N+](=O)[O-])c2)[C@@H]1C(=O)OCCC. The lowest BCUT2D eigenvalue weighted by molar-refractivity contribution is -0.385. The van der Waals surface area contributed by atoms with Crippen molar-refractivity contribution in [2.45, 2.75) is 19.4 Å². The van der Waals surface area contributed by atoms with Gasteiger partial charge in [-0.2, -0.15) is 0 Å². The minimum absolute atomic E-state index is 0.139. The number of aromatic hydroxyl groups is 1. The van der Waals surface area contributed by atoms with Gasteiger partial charge in [-0.25, -0.2) is 4.79 Å². The molecule has 0 aliphatic carbocycles. The fourth-order valence-electron chi connectivity index (χ4n) is 2.41. The molecule has 1 aliphatic rings. The van der Waals surface area contributed by atoms with Crippen LogP contribution in [0, 0.1) is 16.0 Å². The number of phenolic OH excluding ortho intramolecular Hbond substituents is 1. The highest BCUT2D eigenvalue weighted by Gasteiger charge is 2.39. The zero-order valence-corrected chi connectivity index (χ0v) is 12.9. The molecule has 1 saturated heterocycles. The summed E-state index contributed by atoms with van der Waals surface area (Å²) in [5.41, 5.74) is -0.0962. The van der Waals surface area contributed by atoms with Gasteiger partial charge in [0, 0.05) is 11.8 Å². The molecule has 0 radical (unpaired) electrons. The molecule has 3 N–H and O–H groups in total. The lowest BCUT2D eigenvalue weighted by Gasteiger charge is -2.33. The number of amides is 2. The van der Waals surface area contributed by atoms with E-state index in [9.17, 15) is 24.8 Å². The Labute approximate surface area is 137 Å². The Morgan fingerprint density at radius 2 is 2.21 bits per heavy atom. The van der Waals surface area contributed by atoms with Crippen LogP contribution in [-0.4, -0.2) is 28.6 Å². The van der Waals surface area contributed by atoms with E-state index >= 15 is 0 Å². The second kappa shape index (κ2) is 6.99. The number of urea groups is 1. The van der Waals surface area contributed by atoms with Crippen LogP contribution >= 0.6 is 0 Å². The Balaban J connectivity index is 2.41. The van der Waals surface area contributed by atoms with E-state index in [-0.39, 0.29) is 17.9 Å². The summed E-state index contributed by atoms with van der Waals surface area (Å²) < 4.78 is 5.12. The highest BCUT2D eigenvalue weighted by Crippen LogP contribution is 2.35. The molecular weight excluding hydrogens is 318 g/mol. The zero-order chi connectivity index (χ0) is 17.9. The van der Waals surface area contributed by atoms with Crippen molar-refractivity contribution >= 4 is 17.7 Å². The predicted molar refractivity (Wildman–Crippen MR) is 83.0 cm³/mol. The van der Waals surface area contributed by atoms with Gasteiger partial charge in [0.1, 0.15) is 5.92 Å². The van der Waals surface area contributed by atoms with Crippen LogP contribution in [0.3, 0.4) is 0 Å².